The van der Waals surface area contributed by atoms with Crippen molar-refractivity contribution in [3.63, 3.8) is 0 Å². The number of aliphatic imine (C=N–C) groups is 1. The van der Waals surface area contributed by atoms with Crippen LogP contribution in [-0.2, 0) is 0 Å². The minimum Gasteiger partial charge on any atom is -0.334 e. The maximum absolute atomic E-state index is 6.12. The molecular formula is C11H12BrClN2S. The number of benzene rings is 1. The SMILES string of the molecule is CC1(C)CSC(Nc2ccc(Br)cc2Cl)=N1. The van der Waals surface area contributed by atoms with E-state index in [1.165, 1.54) is 0 Å². The number of halogens is 2. The number of hydrogen-bond acceptors (Lipinski definition) is 3. The summed E-state index contributed by atoms with van der Waals surface area (Å²) >= 11 is 11.2. The molecular weight excluding hydrogens is 308 g/mol. The molecule has 1 N–H and O–H groups in total. The second-order valence-corrected chi connectivity index (χ2v) is 6.55. The lowest BCUT2D eigenvalue weighted by Gasteiger charge is -2.09. The van der Waals surface area contributed by atoms with Gasteiger partial charge in [0.05, 0.1) is 16.2 Å². The van der Waals surface area contributed by atoms with E-state index >= 15 is 0 Å². The summed E-state index contributed by atoms with van der Waals surface area (Å²) in [6.45, 7) is 4.25. The molecule has 16 heavy (non-hydrogen) atoms. The van der Waals surface area contributed by atoms with E-state index in [2.05, 4.69) is 40.1 Å². The summed E-state index contributed by atoms with van der Waals surface area (Å²) in [5.74, 6) is 1.00. The Kier molecular flexibility index (Phi) is 3.52. The van der Waals surface area contributed by atoms with E-state index < -0.39 is 0 Å². The Morgan fingerprint density at radius 1 is 1.50 bits per heavy atom. The Labute approximate surface area is 113 Å². The van der Waals surface area contributed by atoms with Gasteiger partial charge in [-0.25, -0.2) is 0 Å². The highest BCUT2D eigenvalue weighted by molar-refractivity contribution is 9.10. The molecule has 2 rings (SSSR count). The molecule has 1 heterocycles. The quantitative estimate of drug-likeness (QED) is 0.830. The summed E-state index contributed by atoms with van der Waals surface area (Å²) in [5.41, 5.74) is 0.920. The van der Waals surface area contributed by atoms with E-state index in [0.29, 0.717) is 5.02 Å². The average Bonchev–Trinajstić information content (AvgIpc) is 2.51. The number of nitrogens with one attached hydrogen (secondary N) is 1. The smallest absolute Gasteiger partial charge is 0.161 e. The lowest BCUT2D eigenvalue weighted by molar-refractivity contribution is 0.605. The highest BCUT2D eigenvalue weighted by Gasteiger charge is 2.25. The van der Waals surface area contributed by atoms with Gasteiger partial charge in [-0.3, -0.25) is 4.99 Å². The molecule has 2 nitrogen and oxygen atoms in total. The van der Waals surface area contributed by atoms with Gasteiger partial charge in [-0.2, -0.15) is 0 Å². The Morgan fingerprint density at radius 3 is 2.81 bits per heavy atom. The van der Waals surface area contributed by atoms with E-state index in [1.807, 2.05) is 18.2 Å². The van der Waals surface area contributed by atoms with Gasteiger partial charge in [0, 0.05) is 10.2 Å². The Bertz CT molecular complexity index is 446. The van der Waals surface area contributed by atoms with E-state index in [9.17, 15) is 0 Å². The number of rotatable bonds is 1. The van der Waals surface area contributed by atoms with Crippen LogP contribution in [-0.4, -0.2) is 16.5 Å². The third kappa shape index (κ3) is 2.93. The molecule has 0 aliphatic carbocycles. The summed E-state index contributed by atoms with van der Waals surface area (Å²) in [7, 11) is 0. The average molecular weight is 320 g/mol. The van der Waals surface area contributed by atoms with Crippen molar-refractivity contribution < 1.29 is 0 Å². The van der Waals surface area contributed by atoms with Crippen LogP contribution < -0.4 is 5.32 Å². The van der Waals surface area contributed by atoms with Crippen LogP contribution in [0.2, 0.25) is 5.02 Å². The zero-order valence-corrected chi connectivity index (χ0v) is 12.2. The van der Waals surface area contributed by atoms with Gasteiger partial charge < -0.3 is 5.32 Å². The van der Waals surface area contributed by atoms with Crippen molar-refractivity contribution in [2.24, 2.45) is 4.99 Å². The first-order valence-corrected chi connectivity index (χ1v) is 7.07. The second kappa shape index (κ2) is 4.59. The molecule has 0 unspecified atom stereocenters. The zero-order valence-electron chi connectivity index (χ0n) is 9.05. The molecule has 0 amide bonds. The van der Waals surface area contributed by atoms with Crippen LogP contribution >= 0.6 is 39.3 Å². The molecule has 0 saturated carbocycles. The Balaban J connectivity index is 2.16. The van der Waals surface area contributed by atoms with Gasteiger partial charge in [-0.15, -0.1) is 0 Å². The third-order valence-electron chi connectivity index (χ3n) is 2.14. The number of thioether (sulfide) groups is 1. The zero-order chi connectivity index (χ0) is 11.8. The van der Waals surface area contributed by atoms with Gasteiger partial charge in [-0.05, 0) is 32.0 Å². The number of nitrogens with zero attached hydrogens (tertiary/aromatic N) is 1. The standard InChI is InChI=1S/C11H12BrClN2S/c1-11(2)6-16-10(15-11)14-9-4-3-7(12)5-8(9)13/h3-5H,6H2,1-2H3,(H,14,15). The van der Waals surface area contributed by atoms with Crippen LogP contribution in [0.25, 0.3) is 0 Å². The maximum atomic E-state index is 6.12. The van der Waals surface area contributed by atoms with Gasteiger partial charge in [-0.1, -0.05) is 39.3 Å². The molecule has 0 aromatic heterocycles. The fraction of sp³-hybridized carbons (Fsp3) is 0.364. The molecule has 1 aliphatic heterocycles. The highest BCUT2D eigenvalue weighted by Crippen LogP contribution is 2.31. The lowest BCUT2D eigenvalue weighted by atomic mass is 10.1. The number of hydrogen-bond donors (Lipinski definition) is 1. The summed E-state index contributed by atoms with van der Waals surface area (Å²) in [6.07, 6.45) is 0. The molecule has 86 valence electrons. The predicted octanol–water partition coefficient (Wildman–Crippen LogP) is 4.40. The third-order valence-corrected chi connectivity index (χ3v) is 4.26. The fourth-order valence-electron chi connectivity index (χ4n) is 1.35. The van der Waals surface area contributed by atoms with Crippen LogP contribution in [0, 0.1) is 0 Å². The summed E-state index contributed by atoms with van der Waals surface area (Å²) in [6, 6.07) is 5.77. The van der Waals surface area contributed by atoms with Crippen LogP contribution in [0.1, 0.15) is 13.8 Å². The van der Waals surface area contributed by atoms with Crippen molar-refractivity contribution in [2.45, 2.75) is 19.4 Å². The normalized spacial score (nSPS) is 18.4. The molecule has 1 aliphatic rings. The van der Waals surface area contributed by atoms with Crippen molar-refractivity contribution in [1.82, 2.24) is 0 Å². The van der Waals surface area contributed by atoms with Gasteiger partial charge in [0.2, 0.25) is 0 Å². The predicted molar refractivity (Wildman–Crippen MR) is 76.7 cm³/mol. The van der Waals surface area contributed by atoms with Crippen LogP contribution in [0.4, 0.5) is 5.69 Å². The van der Waals surface area contributed by atoms with Crippen molar-refractivity contribution in [3.05, 3.63) is 27.7 Å². The van der Waals surface area contributed by atoms with E-state index in [-0.39, 0.29) is 5.54 Å². The van der Waals surface area contributed by atoms with Crippen molar-refractivity contribution in [3.8, 4) is 0 Å². The first kappa shape index (κ1) is 12.3. The molecule has 5 heteroatoms. The van der Waals surface area contributed by atoms with Gasteiger partial charge >= 0.3 is 0 Å². The summed E-state index contributed by atoms with van der Waals surface area (Å²) in [4.78, 5) is 4.58. The first-order chi connectivity index (χ1) is 7.46. The van der Waals surface area contributed by atoms with Crippen LogP contribution in [0.5, 0.6) is 0 Å². The van der Waals surface area contributed by atoms with Crippen molar-refractivity contribution >= 4 is 50.1 Å². The van der Waals surface area contributed by atoms with Gasteiger partial charge in [0.1, 0.15) is 0 Å². The Hall–Kier alpha value is -0.190. The van der Waals surface area contributed by atoms with E-state index in [0.717, 1.165) is 21.1 Å². The second-order valence-electron chi connectivity index (χ2n) is 4.27. The topological polar surface area (TPSA) is 24.4 Å². The molecule has 0 spiro atoms. The first-order valence-electron chi connectivity index (χ1n) is 4.91. The molecule has 0 radical (unpaired) electrons. The maximum Gasteiger partial charge on any atom is 0.161 e. The highest BCUT2D eigenvalue weighted by atomic mass is 79.9. The van der Waals surface area contributed by atoms with Crippen molar-refractivity contribution in [1.29, 1.82) is 0 Å². The number of anilines is 1. The lowest BCUT2D eigenvalue weighted by Crippen LogP contribution is -2.15. The Morgan fingerprint density at radius 2 is 2.25 bits per heavy atom. The monoisotopic (exact) mass is 318 g/mol. The van der Waals surface area contributed by atoms with Crippen LogP contribution in [0.3, 0.4) is 0 Å². The summed E-state index contributed by atoms with van der Waals surface area (Å²) in [5, 5.41) is 4.89. The van der Waals surface area contributed by atoms with E-state index in [4.69, 9.17) is 11.6 Å². The van der Waals surface area contributed by atoms with Crippen molar-refractivity contribution in [2.75, 3.05) is 11.1 Å². The fourth-order valence-corrected chi connectivity index (χ4v) is 3.12. The summed E-state index contributed by atoms with van der Waals surface area (Å²) < 4.78 is 0.976. The van der Waals surface area contributed by atoms with E-state index in [1.54, 1.807) is 11.8 Å². The minimum atomic E-state index is 0.0227. The molecule has 0 saturated heterocycles. The number of amidine groups is 1. The molecule has 0 bridgehead atoms. The molecule has 0 fully saturated rings. The largest absolute Gasteiger partial charge is 0.334 e. The minimum absolute atomic E-state index is 0.0227. The molecule has 1 aromatic rings. The van der Waals surface area contributed by atoms with Gasteiger partial charge in [0.15, 0.2) is 5.17 Å². The molecule has 0 atom stereocenters. The molecule has 1 aromatic carbocycles. The van der Waals surface area contributed by atoms with Crippen LogP contribution in [0.15, 0.2) is 27.7 Å². The van der Waals surface area contributed by atoms with Gasteiger partial charge in [0.25, 0.3) is 0 Å².